The molecule has 2 rings (SSSR count). The number of aryl methyl sites for hydroxylation is 1. The third-order valence-corrected chi connectivity index (χ3v) is 4.16. The van der Waals surface area contributed by atoms with E-state index in [2.05, 4.69) is 17.6 Å². The molecule has 114 valence electrons. The Balaban J connectivity index is 2.06. The highest BCUT2D eigenvalue weighted by molar-refractivity contribution is 5.96. The zero-order chi connectivity index (χ0) is 15.5. The quantitative estimate of drug-likeness (QED) is 0.656. The van der Waals surface area contributed by atoms with Gasteiger partial charge in [-0.05, 0) is 43.8 Å². The van der Waals surface area contributed by atoms with E-state index in [4.69, 9.17) is 0 Å². The van der Waals surface area contributed by atoms with Gasteiger partial charge in [-0.15, -0.1) is 0 Å². The Morgan fingerprint density at radius 3 is 2.71 bits per heavy atom. The Morgan fingerprint density at radius 1 is 1.43 bits per heavy atom. The molecule has 0 unspecified atom stereocenters. The largest absolute Gasteiger partial charge is 0.351 e. The average Bonchev–Trinajstić information content (AvgIpc) is 2.46. The molecule has 1 aliphatic rings. The molecule has 0 spiro atoms. The van der Waals surface area contributed by atoms with Crippen LogP contribution in [-0.2, 0) is 0 Å². The Morgan fingerprint density at radius 2 is 2.10 bits per heavy atom. The number of nitrogens with zero attached hydrogens (tertiary/aromatic N) is 1. The first-order chi connectivity index (χ1) is 9.91. The maximum Gasteiger partial charge on any atom is 0.270 e. The molecular weight excluding hydrogens is 270 g/mol. The minimum absolute atomic E-state index is 0.0566. The molecule has 6 heteroatoms. The summed E-state index contributed by atoms with van der Waals surface area (Å²) < 4.78 is 0. The van der Waals surface area contributed by atoms with Crippen LogP contribution in [0.5, 0.6) is 0 Å². The molecule has 2 N–H and O–H groups in total. The van der Waals surface area contributed by atoms with E-state index in [-0.39, 0.29) is 17.0 Å². The number of hydrogen-bond acceptors (Lipinski definition) is 4. The fourth-order valence-corrected chi connectivity index (χ4v) is 2.56. The SMILES string of the molecule is Cc1ccc([N+](=O)[O-])cc1C(=O)NCC1(C)CCNCC1. The van der Waals surface area contributed by atoms with E-state index in [0.29, 0.717) is 12.1 Å². The van der Waals surface area contributed by atoms with Crippen LogP contribution in [0.4, 0.5) is 5.69 Å². The molecule has 0 bridgehead atoms. The second-order valence-corrected chi connectivity index (χ2v) is 6.00. The van der Waals surface area contributed by atoms with Crippen molar-refractivity contribution in [1.82, 2.24) is 10.6 Å². The number of nitro groups is 1. The Kier molecular flexibility index (Phi) is 4.57. The van der Waals surface area contributed by atoms with Crippen LogP contribution in [0.3, 0.4) is 0 Å². The molecule has 1 aliphatic heterocycles. The molecule has 0 aromatic heterocycles. The van der Waals surface area contributed by atoms with E-state index in [1.54, 1.807) is 13.0 Å². The van der Waals surface area contributed by atoms with Crippen LogP contribution in [0.25, 0.3) is 0 Å². The van der Waals surface area contributed by atoms with Gasteiger partial charge in [0.05, 0.1) is 4.92 Å². The number of rotatable bonds is 4. The number of carbonyl (C=O) groups excluding carboxylic acids is 1. The van der Waals surface area contributed by atoms with Gasteiger partial charge in [0.15, 0.2) is 0 Å². The molecule has 1 aromatic rings. The number of nitrogens with one attached hydrogen (secondary N) is 2. The summed E-state index contributed by atoms with van der Waals surface area (Å²) >= 11 is 0. The molecule has 1 heterocycles. The summed E-state index contributed by atoms with van der Waals surface area (Å²) in [6, 6.07) is 4.37. The van der Waals surface area contributed by atoms with Gasteiger partial charge in [0.2, 0.25) is 0 Å². The normalized spacial score (nSPS) is 17.2. The highest BCUT2D eigenvalue weighted by Gasteiger charge is 2.27. The topological polar surface area (TPSA) is 84.3 Å². The van der Waals surface area contributed by atoms with Crippen LogP contribution < -0.4 is 10.6 Å². The minimum Gasteiger partial charge on any atom is -0.351 e. The maximum atomic E-state index is 12.3. The van der Waals surface area contributed by atoms with Crippen molar-refractivity contribution in [3.63, 3.8) is 0 Å². The minimum atomic E-state index is -0.482. The molecular formula is C15H21N3O3. The number of amides is 1. The van der Waals surface area contributed by atoms with Crippen LogP contribution in [-0.4, -0.2) is 30.5 Å². The fourth-order valence-electron chi connectivity index (χ4n) is 2.56. The summed E-state index contributed by atoms with van der Waals surface area (Å²) in [5.74, 6) is -0.240. The molecule has 0 atom stereocenters. The molecule has 1 fully saturated rings. The number of nitro benzene ring substituents is 1. The van der Waals surface area contributed by atoms with E-state index < -0.39 is 4.92 Å². The summed E-state index contributed by atoms with van der Waals surface area (Å²) in [7, 11) is 0. The zero-order valence-electron chi connectivity index (χ0n) is 12.4. The maximum absolute atomic E-state index is 12.3. The smallest absolute Gasteiger partial charge is 0.270 e. The second-order valence-electron chi connectivity index (χ2n) is 6.00. The highest BCUT2D eigenvalue weighted by Crippen LogP contribution is 2.27. The molecule has 0 radical (unpaired) electrons. The van der Waals surface area contributed by atoms with Crippen LogP contribution >= 0.6 is 0 Å². The van der Waals surface area contributed by atoms with E-state index in [0.717, 1.165) is 31.5 Å². The molecule has 21 heavy (non-hydrogen) atoms. The fraction of sp³-hybridized carbons (Fsp3) is 0.533. The van der Waals surface area contributed by atoms with Gasteiger partial charge in [0.1, 0.15) is 0 Å². The first-order valence-corrected chi connectivity index (χ1v) is 7.15. The van der Waals surface area contributed by atoms with Crippen molar-refractivity contribution < 1.29 is 9.72 Å². The molecule has 0 aliphatic carbocycles. The van der Waals surface area contributed by atoms with Crippen LogP contribution in [0, 0.1) is 22.5 Å². The number of piperidine rings is 1. The van der Waals surface area contributed by atoms with Crippen molar-refractivity contribution in [1.29, 1.82) is 0 Å². The van der Waals surface area contributed by atoms with Crippen LogP contribution in [0.15, 0.2) is 18.2 Å². The van der Waals surface area contributed by atoms with Gasteiger partial charge in [-0.25, -0.2) is 0 Å². The lowest BCUT2D eigenvalue weighted by Gasteiger charge is -2.34. The number of hydrogen-bond donors (Lipinski definition) is 2. The van der Waals surface area contributed by atoms with E-state index >= 15 is 0 Å². The molecule has 1 saturated heterocycles. The Hall–Kier alpha value is -1.95. The number of benzene rings is 1. The van der Waals surface area contributed by atoms with Gasteiger partial charge in [-0.2, -0.15) is 0 Å². The summed E-state index contributed by atoms with van der Waals surface area (Å²) in [6.07, 6.45) is 2.03. The van der Waals surface area contributed by atoms with Gasteiger partial charge < -0.3 is 10.6 Å². The lowest BCUT2D eigenvalue weighted by Crippen LogP contribution is -2.43. The monoisotopic (exact) mass is 291 g/mol. The summed E-state index contributed by atoms with van der Waals surface area (Å²) in [5.41, 5.74) is 1.16. The molecule has 0 saturated carbocycles. The number of carbonyl (C=O) groups is 1. The first kappa shape index (κ1) is 15.4. The predicted octanol–water partition coefficient (Wildman–Crippen LogP) is 2.02. The third-order valence-electron chi connectivity index (χ3n) is 4.16. The highest BCUT2D eigenvalue weighted by atomic mass is 16.6. The van der Waals surface area contributed by atoms with Crippen molar-refractivity contribution in [2.45, 2.75) is 26.7 Å². The van der Waals surface area contributed by atoms with E-state index in [9.17, 15) is 14.9 Å². The summed E-state index contributed by atoms with van der Waals surface area (Å²) in [4.78, 5) is 22.6. The zero-order valence-corrected chi connectivity index (χ0v) is 12.4. The lowest BCUT2D eigenvalue weighted by molar-refractivity contribution is -0.384. The predicted molar refractivity (Wildman–Crippen MR) is 80.4 cm³/mol. The Labute approximate surface area is 124 Å². The molecule has 6 nitrogen and oxygen atoms in total. The van der Waals surface area contributed by atoms with Gasteiger partial charge in [-0.1, -0.05) is 13.0 Å². The Bertz CT molecular complexity index is 551. The number of non-ortho nitro benzene ring substituents is 1. The first-order valence-electron chi connectivity index (χ1n) is 7.15. The van der Waals surface area contributed by atoms with Gasteiger partial charge in [-0.3, -0.25) is 14.9 Å². The van der Waals surface area contributed by atoms with Gasteiger partial charge >= 0.3 is 0 Å². The van der Waals surface area contributed by atoms with Crippen molar-refractivity contribution >= 4 is 11.6 Å². The van der Waals surface area contributed by atoms with E-state index in [1.807, 2.05) is 0 Å². The van der Waals surface area contributed by atoms with Crippen LogP contribution in [0.2, 0.25) is 0 Å². The summed E-state index contributed by atoms with van der Waals surface area (Å²) in [6.45, 7) is 6.46. The van der Waals surface area contributed by atoms with Gasteiger partial charge in [0, 0.05) is 24.2 Å². The van der Waals surface area contributed by atoms with Gasteiger partial charge in [0.25, 0.3) is 11.6 Å². The second kappa shape index (κ2) is 6.22. The van der Waals surface area contributed by atoms with E-state index in [1.165, 1.54) is 12.1 Å². The standard InChI is InChI=1S/C15H21N3O3/c1-11-3-4-12(18(20)21)9-13(11)14(19)17-10-15(2)5-7-16-8-6-15/h3-4,9,16H,5-8,10H2,1-2H3,(H,17,19). The van der Waals surface area contributed by atoms with Crippen molar-refractivity contribution in [3.8, 4) is 0 Å². The molecule has 1 amide bonds. The average molecular weight is 291 g/mol. The van der Waals surface area contributed by atoms with Crippen molar-refractivity contribution in [3.05, 3.63) is 39.4 Å². The van der Waals surface area contributed by atoms with Crippen LogP contribution in [0.1, 0.15) is 35.7 Å². The molecule has 1 aromatic carbocycles. The van der Waals surface area contributed by atoms with Crippen molar-refractivity contribution in [2.75, 3.05) is 19.6 Å². The third kappa shape index (κ3) is 3.78. The lowest BCUT2D eigenvalue weighted by atomic mass is 9.81. The summed E-state index contributed by atoms with van der Waals surface area (Å²) in [5, 5.41) is 17.0. The van der Waals surface area contributed by atoms with Crippen molar-refractivity contribution in [2.24, 2.45) is 5.41 Å².